The first-order chi connectivity index (χ1) is 8.00. The molecule has 0 fully saturated rings. The van der Waals surface area contributed by atoms with Gasteiger partial charge in [-0.15, -0.1) is 0 Å². The van der Waals surface area contributed by atoms with Crippen molar-refractivity contribution in [2.45, 2.75) is 12.8 Å². The van der Waals surface area contributed by atoms with Crippen LogP contribution in [0.3, 0.4) is 0 Å². The summed E-state index contributed by atoms with van der Waals surface area (Å²) in [4.78, 5) is 22.4. The van der Waals surface area contributed by atoms with E-state index < -0.39 is 5.97 Å². The molecule has 2 aromatic rings. The van der Waals surface area contributed by atoms with Crippen molar-refractivity contribution in [3.63, 3.8) is 0 Å². The average Bonchev–Trinajstić information content (AvgIpc) is 2.52. The van der Waals surface area contributed by atoms with Gasteiger partial charge in [0, 0.05) is 20.5 Å². The van der Waals surface area contributed by atoms with Gasteiger partial charge in [-0.25, -0.2) is 0 Å². The molecule has 0 amide bonds. The number of hydrogen-bond donors (Lipinski definition) is 1. The van der Waals surface area contributed by atoms with Gasteiger partial charge in [-0.2, -0.15) is 0 Å². The van der Waals surface area contributed by atoms with E-state index in [1.54, 1.807) is 17.8 Å². The lowest BCUT2D eigenvalue weighted by Crippen LogP contribution is -2.16. The molecule has 0 aliphatic heterocycles. The minimum Gasteiger partial charge on any atom is -0.481 e. The molecule has 0 unspecified atom stereocenters. The van der Waals surface area contributed by atoms with Gasteiger partial charge in [-0.1, -0.05) is 6.07 Å². The molecule has 0 aliphatic carbocycles. The van der Waals surface area contributed by atoms with Gasteiger partial charge >= 0.3 is 5.97 Å². The minimum atomic E-state index is -0.828. The van der Waals surface area contributed by atoms with Crippen LogP contribution in [0.25, 0.3) is 10.9 Å². The molecular weight excluding hydrogens is 220 g/mol. The Bertz CT molecular complexity index is 637. The zero-order valence-electron chi connectivity index (χ0n) is 9.80. The van der Waals surface area contributed by atoms with E-state index in [2.05, 4.69) is 0 Å². The molecule has 1 aromatic carbocycles. The number of aromatic nitrogens is 2. The SMILES string of the molecule is Cn1c(=O)c2cc(CCC(=O)O)ccc2n1C. The fourth-order valence-electron chi connectivity index (χ4n) is 1.92. The highest BCUT2D eigenvalue weighted by atomic mass is 16.4. The number of aliphatic carboxylic acids is 1. The van der Waals surface area contributed by atoms with Gasteiger partial charge in [-0.3, -0.25) is 19.0 Å². The first-order valence-electron chi connectivity index (χ1n) is 5.37. The molecule has 0 atom stereocenters. The number of carboxylic acid groups (broad SMARTS) is 1. The first-order valence-corrected chi connectivity index (χ1v) is 5.37. The van der Waals surface area contributed by atoms with E-state index in [0.29, 0.717) is 11.8 Å². The summed E-state index contributed by atoms with van der Waals surface area (Å²) < 4.78 is 3.31. The molecule has 90 valence electrons. The number of carboxylic acids is 1. The van der Waals surface area contributed by atoms with Gasteiger partial charge in [-0.05, 0) is 24.1 Å². The first kappa shape index (κ1) is 11.4. The molecule has 0 bridgehead atoms. The molecule has 0 aliphatic rings. The topological polar surface area (TPSA) is 64.2 Å². The number of aryl methyl sites for hydroxylation is 2. The summed E-state index contributed by atoms with van der Waals surface area (Å²) in [6.07, 6.45) is 0.530. The normalized spacial score (nSPS) is 10.9. The Kier molecular flexibility index (Phi) is 2.75. The zero-order valence-corrected chi connectivity index (χ0v) is 9.80. The highest BCUT2D eigenvalue weighted by molar-refractivity contribution is 5.79. The van der Waals surface area contributed by atoms with E-state index in [4.69, 9.17) is 5.11 Å². The number of benzene rings is 1. The molecule has 1 heterocycles. The summed E-state index contributed by atoms with van der Waals surface area (Å²) in [6.45, 7) is 0. The zero-order chi connectivity index (χ0) is 12.6. The summed E-state index contributed by atoms with van der Waals surface area (Å²) in [5.74, 6) is -0.828. The van der Waals surface area contributed by atoms with Crippen molar-refractivity contribution in [1.29, 1.82) is 0 Å². The van der Waals surface area contributed by atoms with Crippen molar-refractivity contribution in [3.05, 3.63) is 34.1 Å². The summed E-state index contributed by atoms with van der Waals surface area (Å²) in [7, 11) is 3.53. The summed E-state index contributed by atoms with van der Waals surface area (Å²) >= 11 is 0. The highest BCUT2D eigenvalue weighted by Crippen LogP contribution is 2.13. The molecule has 1 N–H and O–H groups in total. The second kappa shape index (κ2) is 4.08. The largest absolute Gasteiger partial charge is 0.481 e. The summed E-state index contributed by atoms with van der Waals surface area (Å²) in [5, 5.41) is 9.26. The maximum Gasteiger partial charge on any atom is 0.303 e. The van der Waals surface area contributed by atoms with Crippen LogP contribution in [-0.2, 0) is 25.3 Å². The van der Waals surface area contributed by atoms with Crippen LogP contribution >= 0.6 is 0 Å². The summed E-state index contributed by atoms with van der Waals surface area (Å²) in [5.41, 5.74) is 1.68. The van der Waals surface area contributed by atoms with Gasteiger partial charge in [0.25, 0.3) is 5.56 Å². The van der Waals surface area contributed by atoms with Crippen molar-refractivity contribution < 1.29 is 9.90 Å². The fraction of sp³-hybridized carbons (Fsp3) is 0.333. The molecule has 1 aromatic heterocycles. The van der Waals surface area contributed by atoms with Crippen molar-refractivity contribution in [2.24, 2.45) is 14.1 Å². The number of nitrogens with zero attached hydrogens (tertiary/aromatic N) is 2. The Labute approximate surface area is 97.9 Å². The van der Waals surface area contributed by atoms with E-state index in [1.165, 1.54) is 4.68 Å². The van der Waals surface area contributed by atoms with Crippen molar-refractivity contribution in [3.8, 4) is 0 Å². The second-order valence-corrected chi connectivity index (χ2v) is 4.10. The maximum atomic E-state index is 11.9. The summed E-state index contributed by atoms with van der Waals surface area (Å²) in [6, 6.07) is 5.50. The number of carbonyl (C=O) groups is 1. The number of hydrogen-bond acceptors (Lipinski definition) is 2. The molecule has 5 nitrogen and oxygen atoms in total. The van der Waals surface area contributed by atoms with Gasteiger partial charge in [0.15, 0.2) is 0 Å². The lowest BCUT2D eigenvalue weighted by Gasteiger charge is -2.01. The smallest absolute Gasteiger partial charge is 0.303 e. The fourth-order valence-corrected chi connectivity index (χ4v) is 1.92. The van der Waals surface area contributed by atoms with Crippen LogP contribution < -0.4 is 5.56 Å². The Morgan fingerprint density at radius 2 is 2.00 bits per heavy atom. The minimum absolute atomic E-state index is 0.0559. The monoisotopic (exact) mass is 234 g/mol. The van der Waals surface area contributed by atoms with E-state index >= 15 is 0 Å². The average molecular weight is 234 g/mol. The van der Waals surface area contributed by atoms with Gasteiger partial charge in [0.1, 0.15) is 0 Å². The van der Waals surface area contributed by atoms with Crippen molar-refractivity contribution >= 4 is 16.9 Å². The van der Waals surface area contributed by atoms with Crippen LogP contribution in [0, 0.1) is 0 Å². The number of fused-ring (bicyclic) bond motifs is 1. The van der Waals surface area contributed by atoms with Crippen LogP contribution in [0.4, 0.5) is 0 Å². The van der Waals surface area contributed by atoms with Crippen LogP contribution in [0.15, 0.2) is 23.0 Å². The van der Waals surface area contributed by atoms with E-state index in [0.717, 1.165) is 11.1 Å². The van der Waals surface area contributed by atoms with Gasteiger partial charge in [0.05, 0.1) is 10.9 Å². The molecule has 0 saturated heterocycles. The molecular formula is C12H14N2O3. The van der Waals surface area contributed by atoms with Crippen LogP contribution in [0.1, 0.15) is 12.0 Å². The third-order valence-corrected chi connectivity index (χ3v) is 3.01. The lowest BCUT2D eigenvalue weighted by molar-refractivity contribution is -0.136. The molecule has 5 heteroatoms. The predicted molar refractivity (Wildman–Crippen MR) is 64.1 cm³/mol. The Morgan fingerprint density at radius 1 is 1.29 bits per heavy atom. The third-order valence-electron chi connectivity index (χ3n) is 3.01. The van der Waals surface area contributed by atoms with Gasteiger partial charge < -0.3 is 5.11 Å². The maximum absolute atomic E-state index is 11.9. The van der Waals surface area contributed by atoms with E-state index in [-0.39, 0.29) is 12.0 Å². The molecule has 17 heavy (non-hydrogen) atoms. The lowest BCUT2D eigenvalue weighted by atomic mass is 10.1. The molecule has 0 radical (unpaired) electrons. The van der Waals surface area contributed by atoms with Crippen molar-refractivity contribution in [2.75, 3.05) is 0 Å². The third kappa shape index (κ3) is 1.95. The second-order valence-electron chi connectivity index (χ2n) is 4.10. The molecule has 0 spiro atoms. The van der Waals surface area contributed by atoms with Crippen LogP contribution in [0.5, 0.6) is 0 Å². The van der Waals surface area contributed by atoms with Crippen LogP contribution in [0.2, 0.25) is 0 Å². The van der Waals surface area contributed by atoms with E-state index in [1.807, 2.05) is 19.2 Å². The number of rotatable bonds is 3. The quantitative estimate of drug-likeness (QED) is 0.858. The Morgan fingerprint density at radius 3 is 2.65 bits per heavy atom. The predicted octanol–water partition coefficient (Wildman–Crippen LogP) is 0.894. The highest BCUT2D eigenvalue weighted by Gasteiger charge is 2.08. The Balaban J connectivity index is 2.47. The standard InChI is InChI=1S/C12H14N2O3/c1-13-10-5-3-8(4-6-11(15)16)7-9(10)12(17)14(13)2/h3,5,7H,4,6H2,1-2H3,(H,15,16). The van der Waals surface area contributed by atoms with Gasteiger partial charge in [0.2, 0.25) is 0 Å². The molecule has 0 saturated carbocycles. The van der Waals surface area contributed by atoms with Crippen LogP contribution in [-0.4, -0.2) is 20.4 Å². The molecule has 2 rings (SSSR count). The van der Waals surface area contributed by atoms with E-state index in [9.17, 15) is 9.59 Å². The Hall–Kier alpha value is -2.04. The van der Waals surface area contributed by atoms with Crippen molar-refractivity contribution in [1.82, 2.24) is 9.36 Å².